The lowest BCUT2D eigenvalue weighted by molar-refractivity contribution is 0.616. The third-order valence-electron chi connectivity index (χ3n) is 2.41. The second kappa shape index (κ2) is 4.41. The maximum absolute atomic E-state index is 13.1. The van der Waals surface area contributed by atoms with Gasteiger partial charge >= 0.3 is 0 Å². The zero-order valence-corrected chi connectivity index (χ0v) is 9.48. The molecule has 0 amide bonds. The van der Waals surface area contributed by atoms with Crippen molar-refractivity contribution in [1.29, 1.82) is 0 Å². The van der Waals surface area contributed by atoms with Crippen LogP contribution in [0.4, 0.5) is 4.39 Å². The Morgan fingerprint density at radius 2 is 2.21 bits per heavy atom. The van der Waals surface area contributed by atoms with Gasteiger partial charge in [-0.05, 0) is 59.4 Å². The van der Waals surface area contributed by atoms with E-state index in [4.69, 9.17) is 0 Å². The first kappa shape index (κ1) is 10.1. The van der Waals surface area contributed by atoms with E-state index in [1.165, 1.54) is 12.8 Å². The van der Waals surface area contributed by atoms with Crippen LogP contribution in [0.25, 0.3) is 0 Å². The topological polar surface area (TPSA) is 12.0 Å². The molecule has 0 heterocycles. The average Bonchev–Trinajstić information content (AvgIpc) is 2.95. The van der Waals surface area contributed by atoms with E-state index in [2.05, 4.69) is 21.2 Å². The molecule has 0 atom stereocenters. The Bertz CT molecular complexity index is 323. The predicted octanol–water partition coefficient (Wildman–Crippen LogP) is 2.88. The normalized spacial score (nSPS) is 15.9. The summed E-state index contributed by atoms with van der Waals surface area (Å²) in [7, 11) is 0. The predicted molar refractivity (Wildman–Crippen MR) is 58.8 cm³/mol. The standard InChI is InChI=1S/C11H13BrFN/c12-10-4-1-8(7-11(10)13)5-6-14-9-2-3-9/h1,4,7,9,14H,2-3,5-6H2. The molecule has 0 aromatic heterocycles. The van der Waals surface area contributed by atoms with Gasteiger partial charge < -0.3 is 5.32 Å². The molecule has 0 bridgehead atoms. The van der Waals surface area contributed by atoms with Gasteiger partial charge in [-0.2, -0.15) is 0 Å². The maximum Gasteiger partial charge on any atom is 0.137 e. The summed E-state index contributed by atoms with van der Waals surface area (Å²) in [5.74, 6) is -0.172. The third-order valence-corrected chi connectivity index (χ3v) is 3.05. The summed E-state index contributed by atoms with van der Waals surface area (Å²) >= 11 is 3.14. The molecule has 3 heteroatoms. The smallest absolute Gasteiger partial charge is 0.137 e. The van der Waals surface area contributed by atoms with E-state index in [9.17, 15) is 4.39 Å². The monoisotopic (exact) mass is 257 g/mol. The largest absolute Gasteiger partial charge is 0.314 e. The Balaban J connectivity index is 1.85. The van der Waals surface area contributed by atoms with Gasteiger partial charge in [-0.3, -0.25) is 0 Å². The van der Waals surface area contributed by atoms with E-state index in [0.717, 1.165) is 24.6 Å². The number of nitrogens with one attached hydrogen (secondary N) is 1. The minimum Gasteiger partial charge on any atom is -0.314 e. The van der Waals surface area contributed by atoms with Gasteiger partial charge in [-0.1, -0.05) is 6.07 Å². The van der Waals surface area contributed by atoms with Crippen LogP contribution in [0.15, 0.2) is 22.7 Å². The van der Waals surface area contributed by atoms with Gasteiger partial charge in [-0.25, -0.2) is 4.39 Å². The highest BCUT2D eigenvalue weighted by Gasteiger charge is 2.19. The Morgan fingerprint density at radius 1 is 1.43 bits per heavy atom. The van der Waals surface area contributed by atoms with Crippen LogP contribution in [0.1, 0.15) is 18.4 Å². The molecule has 1 saturated carbocycles. The maximum atomic E-state index is 13.1. The first-order valence-electron chi connectivity index (χ1n) is 4.93. The van der Waals surface area contributed by atoms with Crippen molar-refractivity contribution in [2.45, 2.75) is 25.3 Å². The molecule has 0 aliphatic heterocycles. The molecule has 2 rings (SSSR count). The Morgan fingerprint density at radius 3 is 2.86 bits per heavy atom. The zero-order valence-electron chi connectivity index (χ0n) is 7.89. The van der Waals surface area contributed by atoms with Crippen LogP contribution in [-0.4, -0.2) is 12.6 Å². The van der Waals surface area contributed by atoms with E-state index in [1.807, 2.05) is 6.07 Å². The fourth-order valence-electron chi connectivity index (χ4n) is 1.40. The van der Waals surface area contributed by atoms with Crippen LogP contribution in [0.5, 0.6) is 0 Å². The van der Waals surface area contributed by atoms with Crippen LogP contribution >= 0.6 is 15.9 Å². The highest BCUT2D eigenvalue weighted by Crippen LogP contribution is 2.19. The van der Waals surface area contributed by atoms with Crippen LogP contribution in [0, 0.1) is 5.82 Å². The highest BCUT2D eigenvalue weighted by molar-refractivity contribution is 9.10. The van der Waals surface area contributed by atoms with Crippen LogP contribution in [0.3, 0.4) is 0 Å². The minimum absolute atomic E-state index is 0.172. The van der Waals surface area contributed by atoms with Crippen LogP contribution < -0.4 is 5.32 Å². The molecule has 1 aliphatic rings. The molecule has 1 nitrogen and oxygen atoms in total. The summed E-state index contributed by atoms with van der Waals surface area (Å²) in [6.45, 7) is 0.950. The summed E-state index contributed by atoms with van der Waals surface area (Å²) in [5, 5.41) is 3.40. The van der Waals surface area contributed by atoms with Crippen LogP contribution in [0.2, 0.25) is 0 Å². The SMILES string of the molecule is Fc1cc(CCNC2CC2)ccc1Br. The molecule has 0 saturated heterocycles. The average molecular weight is 258 g/mol. The molecule has 1 aromatic carbocycles. The van der Waals surface area contributed by atoms with E-state index in [-0.39, 0.29) is 5.82 Å². The summed E-state index contributed by atoms with van der Waals surface area (Å²) in [6.07, 6.45) is 3.50. The quantitative estimate of drug-likeness (QED) is 0.875. The van der Waals surface area contributed by atoms with Crippen molar-refractivity contribution in [3.8, 4) is 0 Å². The second-order valence-electron chi connectivity index (χ2n) is 3.73. The van der Waals surface area contributed by atoms with Gasteiger partial charge in [0.2, 0.25) is 0 Å². The number of benzene rings is 1. The van der Waals surface area contributed by atoms with E-state index in [0.29, 0.717) is 4.47 Å². The minimum atomic E-state index is -0.172. The number of rotatable bonds is 4. The molecular weight excluding hydrogens is 245 g/mol. The van der Waals surface area contributed by atoms with Crippen molar-refractivity contribution >= 4 is 15.9 Å². The van der Waals surface area contributed by atoms with Crippen molar-refractivity contribution < 1.29 is 4.39 Å². The molecule has 1 N–H and O–H groups in total. The molecule has 76 valence electrons. The molecule has 0 radical (unpaired) electrons. The molecule has 14 heavy (non-hydrogen) atoms. The lowest BCUT2D eigenvalue weighted by Crippen LogP contribution is -2.19. The number of hydrogen-bond donors (Lipinski definition) is 1. The molecule has 1 fully saturated rings. The summed E-state index contributed by atoms with van der Waals surface area (Å²) in [5.41, 5.74) is 1.05. The van der Waals surface area contributed by atoms with Gasteiger partial charge in [0.15, 0.2) is 0 Å². The summed E-state index contributed by atoms with van der Waals surface area (Å²) in [6, 6.07) is 6.05. The van der Waals surface area contributed by atoms with Crippen molar-refractivity contribution in [3.05, 3.63) is 34.1 Å². The van der Waals surface area contributed by atoms with Gasteiger partial charge in [0, 0.05) is 6.04 Å². The lowest BCUT2D eigenvalue weighted by Gasteiger charge is -2.03. The first-order chi connectivity index (χ1) is 6.75. The van der Waals surface area contributed by atoms with Gasteiger partial charge in [0.25, 0.3) is 0 Å². The third kappa shape index (κ3) is 2.79. The van der Waals surface area contributed by atoms with Crippen molar-refractivity contribution in [2.75, 3.05) is 6.54 Å². The fourth-order valence-corrected chi connectivity index (χ4v) is 1.65. The van der Waals surface area contributed by atoms with E-state index < -0.39 is 0 Å². The first-order valence-corrected chi connectivity index (χ1v) is 5.72. The summed E-state index contributed by atoms with van der Waals surface area (Å²) < 4.78 is 13.6. The molecular formula is C11H13BrFN. The second-order valence-corrected chi connectivity index (χ2v) is 4.58. The lowest BCUT2D eigenvalue weighted by atomic mass is 10.1. The van der Waals surface area contributed by atoms with Crippen molar-refractivity contribution in [1.82, 2.24) is 5.32 Å². The fraction of sp³-hybridized carbons (Fsp3) is 0.455. The Hall–Kier alpha value is -0.410. The Kier molecular flexibility index (Phi) is 3.19. The molecule has 1 aliphatic carbocycles. The van der Waals surface area contributed by atoms with Gasteiger partial charge in [0.1, 0.15) is 5.82 Å². The molecule has 1 aromatic rings. The van der Waals surface area contributed by atoms with Gasteiger partial charge in [0.05, 0.1) is 4.47 Å². The molecule has 0 unspecified atom stereocenters. The number of hydrogen-bond acceptors (Lipinski definition) is 1. The van der Waals surface area contributed by atoms with E-state index in [1.54, 1.807) is 12.1 Å². The van der Waals surface area contributed by atoms with E-state index >= 15 is 0 Å². The zero-order chi connectivity index (χ0) is 9.97. The Labute approximate surface area is 91.8 Å². The molecule has 0 spiro atoms. The highest BCUT2D eigenvalue weighted by atomic mass is 79.9. The van der Waals surface area contributed by atoms with Crippen molar-refractivity contribution in [2.24, 2.45) is 0 Å². The van der Waals surface area contributed by atoms with Crippen LogP contribution in [-0.2, 0) is 6.42 Å². The van der Waals surface area contributed by atoms with Crippen molar-refractivity contribution in [3.63, 3.8) is 0 Å². The van der Waals surface area contributed by atoms with Gasteiger partial charge in [-0.15, -0.1) is 0 Å². The number of halogens is 2. The summed E-state index contributed by atoms with van der Waals surface area (Å²) in [4.78, 5) is 0.